The fourth-order valence-corrected chi connectivity index (χ4v) is 3.13. The van der Waals surface area contributed by atoms with Crippen LogP contribution in [0.4, 0.5) is 0 Å². The zero-order valence-electron chi connectivity index (χ0n) is 11.4. The second-order valence-corrected chi connectivity index (χ2v) is 7.43. The molecule has 0 saturated carbocycles. The van der Waals surface area contributed by atoms with Crippen molar-refractivity contribution in [3.8, 4) is 11.4 Å². The lowest BCUT2D eigenvalue weighted by Crippen LogP contribution is -2.15. The average molecular weight is 331 g/mol. The minimum absolute atomic E-state index is 0.0397. The third kappa shape index (κ3) is 3.81. The van der Waals surface area contributed by atoms with E-state index < -0.39 is 15.1 Å². The van der Waals surface area contributed by atoms with Gasteiger partial charge in [0.2, 0.25) is 11.7 Å². The van der Waals surface area contributed by atoms with Gasteiger partial charge in [0.05, 0.1) is 5.75 Å². The molecule has 0 unspecified atom stereocenters. The highest BCUT2D eigenvalue weighted by Crippen LogP contribution is 2.25. The zero-order chi connectivity index (χ0) is 15.5. The predicted molar refractivity (Wildman–Crippen MR) is 78.6 cm³/mol. The van der Waals surface area contributed by atoms with Crippen LogP contribution in [-0.4, -0.2) is 36.0 Å². The van der Waals surface area contributed by atoms with Crippen LogP contribution in [-0.2, 0) is 9.84 Å². The molecule has 0 aliphatic heterocycles. The summed E-state index contributed by atoms with van der Waals surface area (Å²) in [5, 5.41) is 12.2. The molecular formula is C13H15ClN2O4S. The van der Waals surface area contributed by atoms with Crippen molar-refractivity contribution in [3.05, 3.63) is 35.2 Å². The number of hydrogen-bond donors (Lipinski definition) is 1. The van der Waals surface area contributed by atoms with Crippen LogP contribution in [0.15, 0.2) is 28.8 Å². The number of rotatable bonds is 6. The molecule has 0 aliphatic carbocycles. The van der Waals surface area contributed by atoms with Gasteiger partial charge >= 0.3 is 0 Å². The fourth-order valence-electron chi connectivity index (χ4n) is 1.71. The van der Waals surface area contributed by atoms with Crippen molar-refractivity contribution in [2.75, 3.05) is 12.4 Å². The average Bonchev–Trinajstić information content (AvgIpc) is 2.94. The van der Waals surface area contributed by atoms with Crippen LogP contribution in [0.1, 0.15) is 24.5 Å². The van der Waals surface area contributed by atoms with Crippen molar-refractivity contribution in [1.82, 2.24) is 10.1 Å². The number of nitrogens with zero attached hydrogens (tertiary/aromatic N) is 2. The summed E-state index contributed by atoms with van der Waals surface area (Å²) in [6.07, 6.45) is 0.185. The highest BCUT2D eigenvalue weighted by atomic mass is 35.5. The van der Waals surface area contributed by atoms with Crippen molar-refractivity contribution < 1.29 is 18.0 Å². The molecule has 0 bridgehead atoms. The molecule has 8 heteroatoms. The maximum atomic E-state index is 12.0. The normalized spacial score (nSPS) is 13.3. The first-order valence-corrected chi connectivity index (χ1v) is 8.45. The maximum Gasteiger partial charge on any atom is 0.245 e. The number of hydrogen-bond acceptors (Lipinski definition) is 6. The Morgan fingerprint density at radius 2 is 2.00 bits per heavy atom. The van der Waals surface area contributed by atoms with Gasteiger partial charge < -0.3 is 9.63 Å². The molecule has 0 fully saturated rings. The molecule has 2 aromatic rings. The number of benzene rings is 1. The highest BCUT2D eigenvalue weighted by molar-refractivity contribution is 7.91. The van der Waals surface area contributed by atoms with Gasteiger partial charge in [0.1, 0.15) is 5.25 Å². The highest BCUT2D eigenvalue weighted by Gasteiger charge is 2.27. The summed E-state index contributed by atoms with van der Waals surface area (Å²) in [6.45, 7) is 1.32. The summed E-state index contributed by atoms with van der Waals surface area (Å²) < 4.78 is 29.1. The van der Waals surface area contributed by atoms with Crippen molar-refractivity contribution in [2.24, 2.45) is 0 Å². The monoisotopic (exact) mass is 330 g/mol. The van der Waals surface area contributed by atoms with E-state index in [-0.39, 0.29) is 24.7 Å². The van der Waals surface area contributed by atoms with Crippen LogP contribution in [0.2, 0.25) is 5.02 Å². The Hall–Kier alpha value is -1.44. The third-order valence-corrected chi connectivity index (χ3v) is 5.41. The third-order valence-electron chi connectivity index (χ3n) is 3.02. The molecule has 0 radical (unpaired) electrons. The van der Waals surface area contributed by atoms with Gasteiger partial charge in [-0.3, -0.25) is 0 Å². The summed E-state index contributed by atoms with van der Waals surface area (Å²) in [5.74, 6) is 0.229. The number of aliphatic hydroxyl groups is 1. The molecule has 1 aromatic carbocycles. The first-order chi connectivity index (χ1) is 9.94. The Morgan fingerprint density at radius 1 is 1.33 bits per heavy atom. The Labute approximate surface area is 127 Å². The molecule has 1 N–H and O–H groups in total. The molecule has 21 heavy (non-hydrogen) atoms. The van der Waals surface area contributed by atoms with Crippen LogP contribution < -0.4 is 0 Å². The minimum Gasteiger partial charge on any atom is -0.396 e. The molecule has 1 atom stereocenters. The number of aliphatic hydroxyl groups excluding tert-OH is 1. The quantitative estimate of drug-likeness (QED) is 0.873. The minimum atomic E-state index is -3.43. The summed E-state index contributed by atoms with van der Waals surface area (Å²) >= 11 is 5.80. The molecule has 114 valence electrons. The van der Waals surface area contributed by atoms with E-state index >= 15 is 0 Å². The molecule has 6 nitrogen and oxygen atoms in total. The lowest BCUT2D eigenvalue weighted by Gasteiger charge is -2.07. The van der Waals surface area contributed by atoms with E-state index in [1.54, 1.807) is 24.3 Å². The number of halogens is 1. The molecule has 1 heterocycles. The lowest BCUT2D eigenvalue weighted by molar-refractivity contribution is 0.295. The molecule has 2 rings (SSSR count). The molecule has 0 spiro atoms. The van der Waals surface area contributed by atoms with E-state index in [2.05, 4.69) is 10.1 Å². The van der Waals surface area contributed by atoms with Crippen molar-refractivity contribution >= 4 is 21.4 Å². The Kier molecular flexibility index (Phi) is 4.97. The van der Waals surface area contributed by atoms with Gasteiger partial charge in [0, 0.05) is 17.2 Å². The summed E-state index contributed by atoms with van der Waals surface area (Å²) in [6, 6.07) is 6.83. The fraction of sp³-hybridized carbons (Fsp3) is 0.385. The van der Waals surface area contributed by atoms with E-state index in [1.807, 2.05) is 0 Å². The molecule has 0 saturated heterocycles. The van der Waals surface area contributed by atoms with E-state index in [0.29, 0.717) is 16.4 Å². The van der Waals surface area contributed by atoms with Gasteiger partial charge in [-0.15, -0.1) is 0 Å². The first-order valence-electron chi connectivity index (χ1n) is 6.36. The second kappa shape index (κ2) is 6.55. The van der Waals surface area contributed by atoms with Crippen LogP contribution in [0.25, 0.3) is 11.4 Å². The summed E-state index contributed by atoms with van der Waals surface area (Å²) in [7, 11) is -3.43. The maximum absolute atomic E-state index is 12.0. The molecule has 0 amide bonds. The van der Waals surface area contributed by atoms with E-state index in [1.165, 1.54) is 6.92 Å². The van der Waals surface area contributed by atoms with E-state index in [9.17, 15) is 8.42 Å². The summed E-state index contributed by atoms with van der Waals surface area (Å²) in [4.78, 5) is 4.12. The number of sulfone groups is 1. The van der Waals surface area contributed by atoms with Crippen LogP contribution in [0, 0.1) is 0 Å². The topological polar surface area (TPSA) is 93.3 Å². The predicted octanol–water partition coefficient (Wildman–Crippen LogP) is 2.25. The van der Waals surface area contributed by atoms with Gasteiger partial charge in [-0.1, -0.05) is 16.8 Å². The Balaban J connectivity index is 2.21. The zero-order valence-corrected chi connectivity index (χ0v) is 12.9. The van der Waals surface area contributed by atoms with E-state index in [0.717, 1.165) is 0 Å². The summed E-state index contributed by atoms with van der Waals surface area (Å²) in [5.41, 5.74) is 0.689. The Morgan fingerprint density at radius 3 is 2.62 bits per heavy atom. The van der Waals surface area contributed by atoms with Crippen molar-refractivity contribution in [3.63, 3.8) is 0 Å². The lowest BCUT2D eigenvalue weighted by atomic mass is 10.2. The van der Waals surface area contributed by atoms with E-state index in [4.69, 9.17) is 21.2 Å². The largest absolute Gasteiger partial charge is 0.396 e. The van der Waals surface area contributed by atoms with Gasteiger partial charge in [-0.25, -0.2) is 8.42 Å². The van der Waals surface area contributed by atoms with Gasteiger partial charge in [-0.2, -0.15) is 4.98 Å². The SMILES string of the molecule is C[C@@H](c1nc(-c2ccc(Cl)cc2)no1)S(=O)(=O)CCCO. The van der Waals surface area contributed by atoms with Gasteiger partial charge in [-0.05, 0) is 37.6 Å². The van der Waals surface area contributed by atoms with Crippen LogP contribution in [0.5, 0.6) is 0 Å². The Bertz CT molecular complexity index is 697. The van der Waals surface area contributed by atoms with Gasteiger partial charge in [0.25, 0.3) is 0 Å². The molecular weight excluding hydrogens is 316 g/mol. The smallest absolute Gasteiger partial charge is 0.245 e. The van der Waals surface area contributed by atoms with Gasteiger partial charge in [0.15, 0.2) is 9.84 Å². The number of aromatic nitrogens is 2. The van der Waals surface area contributed by atoms with Crippen molar-refractivity contribution in [2.45, 2.75) is 18.6 Å². The standard InChI is InChI=1S/C13H15ClN2O4S/c1-9(21(18,19)8-2-7-17)13-15-12(16-20-13)10-3-5-11(14)6-4-10/h3-6,9,17H,2,7-8H2,1H3/t9-/m0/s1. The van der Waals surface area contributed by atoms with Crippen molar-refractivity contribution in [1.29, 1.82) is 0 Å². The molecule has 0 aliphatic rings. The van der Waals surface area contributed by atoms with Crippen LogP contribution in [0.3, 0.4) is 0 Å². The molecule has 1 aromatic heterocycles. The van der Waals surface area contributed by atoms with Crippen LogP contribution >= 0.6 is 11.6 Å². The first kappa shape index (κ1) is 15.9. The second-order valence-electron chi connectivity index (χ2n) is 4.55.